The lowest BCUT2D eigenvalue weighted by atomic mass is 9.76. The fourth-order valence-electron chi connectivity index (χ4n) is 6.27. The number of benzene rings is 2. The fourth-order valence-corrected chi connectivity index (χ4v) is 6.27. The summed E-state index contributed by atoms with van der Waals surface area (Å²) in [5.74, 6) is -7.73. The van der Waals surface area contributed by atoms with Gasteiger partial charge in [-0.1, -0.05) is 30.3 Å². The van der Waals surface area contributed by atoms with Gasteiger partial charge in [0.2, 0.25) is 0 Å². The van der Waals surface area contributed by atoms with Gasteiger partial charge in [0.1, 0.15) is 17.5 Å². The summed E-state index contributed by atoms with van der Waals surface area (Å²) in [6.07, 6.45) is 7.97. The van der Waals surface area contributed by atoms with Gasteiger partial charge in [-0.2, -0.15) is 0 Å². The predicted octanol–water partition coefficient (Wildman–Crippen LogP) is 11.5. The van der Waals surface area contributed by atoms with Crippen LogP contribution >= 0.6 is 0 Å². The van der Waals surface area contributed by atoms with Gasteiger partial charge in [0.15, 0.2) is 23.3 Å². The van der Waals surface area contributed by atoms with Crippen molar-refractivity contribution in [2.24, 2.45) is 17.8 Å². The van der Waals surface area contributed by atoms with Gasteiger partial charge in [0, 0.05) is 23.8 Å². The maximum atomic E-state index is 15.1. The number of hydrogen-bond acceptors (Lipinski definition) is 0. The summed E-state index contributed by atoms with van der Waals surface area (Å²) in [4.78, 5) is 0. The van der Waals surface area contributed by atoms with Crippen molar-refractivity contribution in [2.45, 2.75) is 83.0 Å². The number of hydrogen-bond donors (Lipinski definition) is 0. The third-order valence-electron chi connectivity index (χ3n) is 8.85. The average molecular weight is 579 g/mol. The molecular weight excluding hydrogens is 541 g/mol. The first-order valence-electron chi connectivity index (χ1n) is 14.6. The molecule has 2 saturated carbocycles. The molecule has 4 rings (SSSR count). The Bertz CT molecular complexity index is 1220. The second kappa shape index (κ2) is 14.4. The summed E-state index contributed by atoms with van der Waals surface area (Å²) in [5.41, 5.74) is 1.59. The molecule has 0 saturated heterocycles. The van der Waals surface area contributed by atoms with Crippen LogP contribution in [-0.4, -0.2) is 0 Å². The Labute approximate surface area is 238 Å². The van der Waals surface area contributed by atoms with Crippen molar-refractivity contribution in [1.29, 1.82) is 0 Å². The van der Waals surface area contributed by atoms with E-state index in [0.29, 0.717) is 56.4 Å². The van der Waals surface area contributed by atoms with E-state index in [0.717, 1.165) is 43.4 Å². The van der Waals surface area contributed by atoms with E-state index in [9.17, 15) is 22.0 Å². The van der Waals surface area contributed by atoms with Crippen molar-refractivity contribution in [3.63, 3.8) is 0 Å². The summed E-state index contributed by atoms with van der Waals surface area (Å²) in [5, 5.41) is 0. The molecule has 7 heteroatoms. The van der Waals surface area contributed by atoms with Crippen LogP contribution in [0.1, 0.15) is 93.2 Å². The third-order valence-corrected chi connectivity index (χ3v) is 8.85. The van der Waals surface area contributed by atoms with Crippen molar-refractivity contribution in [1.82, 2.24) is 0 Å². The van der Waals surface area contributed by atoms with E-state index in [4.69, 9.17) is 0 Å². The minimum absolute atomic E-state index is 0.0112. The van der Waals surface area contributed by atoms with Crippen LogP contribution in [0.25, 0.3) is 5.83 Å². The van der Waals surface area contributed by atoms with Crippen LogP contribution < -0.4 is 0 Å². The van der Waals surface area contributed by atoms with Crippen LogP contribution in [0.2, 0.25) is 0 Å². The molecule has 0 unspecified atom stereocenters. The first kappa shape index (κ1) is 31.1. The van der Waals surface area contributed by atoms with Gasteiger partial charge in [-0.05, 0) is 106 Å². The second-order valence-electron chi connectivity index (χ2n) is 11.5. The van der Waals surface area contributed by atoms with E-state index in [1.807, 2.05) is 0 Å². The van der Waals surface area contributed by atoms with Crippen molar-refractivity contribution < 1.29 is 30.7 Å². The maximum absolute atomic E-state index is 15.1. The molecule has 2 aliphatic carbocycles. The Kier molecular flexibility index (Phi) is 10.9. The van der Waals surface area contributed by atoms with Crippen LogP contribution in [0.4, 0.5) is 30.7 Å². The minimum atomic E-state index is -1.50. The topological polar surface area (TPSA) is 0 Å². The average Bonchev–Trinajstić information content (AvgIpc) is 3.00. The molecular formula is C34H37F7. The molecule has 0 radical (unpaired) electrons. The van der Waals surface area contributed by atoms with Crippen LogP contribution in [-0.2, 0) is 6.42 Å². The largest absolute Gasteiger partial charge is 0.209 e. The van der Waals surface area contributed by atoms with E-state index in [2.05, 4.69) is 6.58 Å². The van der Waals surface area contributed by atoms with Crippen molar-refractivity contribution >= 4 is 5.83 Å². The van der Waals surface area contributed by atoms with Gasteiger partial charge in [-0.3, -0.25) is 0 Å². The van der Waals surface area contributed by atoms with Gasteiger partial charge in [-0.15, -0.1) is 6.58 Å². The van der Waals surface area contributed by atoms with Crippen LogP contribution in [0, 0.1) is 35.2 Å². The van der Waals surface area contributed by atoms with Gasteiger partial charge < -0.3 is 0 Å². The molecule has 2 aromatic carbocycles. The van der Waals surface area contributed by atoms with Crippen LogP contribution in [0.3, 0.4) is 0 Å². The number of rotatable bonds is 10. The molecule has 2 aromatic rings. The molecule has 0 atom stereocenters. The lowest BCUT2D eigenvalue weighted by molar-refractivity contribution is 0.242. The smallest absolute Gasteiger partial charge is 0.194 e. The molecule has 0 N–H and O–H groups in total. The molecule has 2 fully saturated rings. The van der Waals surface area contributed by atoms with E-state index in [1.165, 1.54) is 0 Å². The molecule has 0 spiro atoms. The number of halogens is 7. The summed E-state index contributed by atoms with van der Waals surface area (Å²) >= 11 is 0. The standard InChI is InChI=1S/C34H37F7/c1-2-3-4-28(35)31(38)24-11-7-21(8-12-24)5-6-22-9-13-25(14-10-22)32(39)33(40)26-17-15-23(16-18-26)27-19-29(36)34(41)30(37)20-27/h2,7-8,11-12,19-20,22-23,25-26H,1,3-6,9-10,13-18H2. The monoisotopic (exact) mass is 578 g/mol. The molecule has 222 valence electrons. The molecule has 0 aliphatic heterocycles. The lowest BCUT2D eigenvalue weighted by Crippen LogP contribution is -2.19. The van der Waals surface area contributed by atoms with E-state index in [-0.39, 0.29) is 17.9 Å². The minimum Gasteiger partial charge on any atom is -0.209 e. The normalized spacial score (nSPS) is 24.5. The van der Waals surface area contributed by atoms with Crippen molar-refractivity contribution in [2.75, 3.05) is 0 Å². The van der Waals surface area contributed by atoms with Crippen LogP contribution in [0.15, 0.2) is 66.5 Å². The molecule has 0 amide bonds. The Morgan fingerprint density at radius 2 is 1.29 bits per heavy atom. The lowest BCUT2D eigenvalue weighted by Gasteiger charge is -2.31. The first-order chi connectivity index (χ1) is 19.7. The highest BCUT2D eigenvalue weighted by Crippen LogP contribution is 2.44. The zero-order valence-corrected chi connectivity index (χ0v) is 23.2. The highest BCUT2D eigenvalue weighted by Gasteiger charge is 2.32. The molecule has 0 nitrogen and oxygen atoms in total. The Hall–Kier alpha value is -2.83. The van der Waals surface area contributed by atoms with E-state index >= 15 is 8.78 Å². The fraction of sp³-hybridized carbons (Fsp3) is 0.471. The predicted molar refractivity (Wildman–Crippen MR) is 149 cm³/mol. The molecule has 0 aromatic heterocycles. The SMILES string of the molecule is C=CCCC(F)=C(F)c1ccc(CCC2CCC(C(F)=C(F)C3CCC(c4cc(F)c(F)c(F)c4)CC3)CC2)cc1. The zero-order chi connectivity index (χ0) is 29.5. The van der Waals surface area contributed by atoms with Gasteiger partial charge in [0.05, 0.1) is 0 Å². The zero-order valence-electron chi connectivity index (χ0n) is 23.2. The second-order valence-corrected chi connectivity index (χ2v) is 11.5. The summed E-state index contributed by atoms with van der Waals surface area (Å²) < 4.78 is 98.9. The van der Waals surface area contributed by atoms with E-state index < -0.39 is 52.6 Å². The number of allylic oxidation sites excluding steroid dienone is 4. The first-order valence-corrected chi connectivity index (χ1v) is 14.6. The van der Waals surface area contributed by atoms with E-state index in [1.54, 1.807) is 30.3 Å². The van der Waals surface area contributed by atoms with Crippen molar-refractivity contribution in [3.8, 4) is 0 Å². The van der Waals surface area contributed by atoms with Gasteiger partial charge >= 0.3 is 0 Å². The van der Waals surface area contributed by atoms with Crippen molar-refractivity contribution in [3.05, 3.63) is 101 Å². The molecule has 0 bridgehead atoms. The molecule has 41 heavy (non-hydrogen) atoms. The Morgan fingerprint density at radius 3 is 1.83 bits per heavy atom. The third kappa shape index (κ3) is 7.92. The Morgan fingerprint density at radius 1 is 0.756 bits per heavy atom. The van der Waals surface area contributed by atoms with Gasteiger partial charge in [-0.25, -0.2) is 30.7 Å². The van der Waals surface area contributed by atoms with Crippen LogP contribution in [0.5, 0.6) is 0 Å². The highest BCUT2D eigenvalue weighted by atomic mass is 19.2. The molecule has 2 aliphatic rings. The highest BCUT2D eigenvalue weighted by molar-refractivity contribution is 5.61. The van der Waals surface area contributed by atoms with Gasteiger partial charge in [0.25, 0.3) is 0 Å². The Balaban J connectivity index is 1.23. The number of aryl methyl sites for hydroxylation is 1. The summed E-state index contributed by atoms with van der Waals surface area (Å²) in [6.45, 7) is 3.52. The quantitative estimate of drug-likeness (QED) is 0.149. The maximum Gasteiger partial charge on any atom is 0.194 e. The summed E-state index contributed by atoms with van der Waals surface area (Å²) in [7, 11) is 0. The molecule has 0 heterocycles. The summed E-state index contributed by atoms with van der Waals surface area (Å²) in [6, 6.07) is 8.76.